The van der Waals surface area contributed by atoms with Gasteiger partial charge < -0.3 is 19.9 Å². The summed E-state index contributed by atoms with van der Waals surface area (Å²) in [5, 5.41) is 13.9. The van der Waals surface area contributed by atoms with E-state index in [1.807, 2.05) is 13.8 Å². The van der Waals surface area contributed by atoms with Crippen LogP contribution in [0.5, 0.6) is 5.75 Å². The molecule has 1 aromatic carbocycles. The van der Waals surface area contributed by atoms with Gasteiger partial charge in [-0.15, -0.1) is 11.3 Å². The molecule has 4 rings (SSSR count). The van der Waals surface area contributed by atoms with Gasteiger partial charge >= 0.3 is 0 Å². The minimum Gasteiger partial charge on any atom is -0.503 e. The van der Waals surface area contributed by atoms with Gasteiger partial charge in [0, 0.05) is 55.3 Å². The van der Waals surface area contributed by atoms with E-state index in [1.54, 1.807) is 11.8 Å². The van der Waals surface area contributed by atoms with E-state index >= 15 is 0 Å². The number of nitrogens with zero attached hydrogens (tertiary/aromatic N) is 3. The molecular weight excluding hydrogens is 490 g/mol. The van der Waals surface area contributed by atoms with E-state index in [1.165, 1.54) is 29.1 Å². The van der Waals surface area contributed by atoms with Gasteiger partial charge in [0.1, 0.15) is 16.6 Å². The van der Waals surface area contributed by atoms with Gasteiger partial charge in [-0.3, -0.25) is 14.4 Å². The zero-order valence-electron chi connectivity index (χ0n) is 20.0. The molecule has 1 aliphatic rings. The van der Waals surface area contributed by atoms with Crippen LogP contribution in [0.15, 0.2) is 35.4 Å². The first-order chi connectivity index (χ1) is 17.1. The second-order valence-corrected chi connectivity index (χ2v) is 10.00. The minimum absolute atomic E-state index is 0.0877. The van der Waals surface area contributed by atoms with Crippen LogP contribution in [-0.2, 0) is 11.2 Å². The molecule has 0 saturated carbocycles. The van der Waals surface area contributed by atoms with Crippen molar-refractivity contribution < 1.29 is 23.5 Å². The second-order valence-electron chi connectivity index (χ2n) is 8.88. The van der Waals surface area contributed by atoms with Crippen molar-refractivity contribution in [3.63, 3.8) is 0 Å². The number of benzene rings is 1. The van der Waals surface area contributed by atoms with Gasteiger partial charge in [0.25, 0.3) is 5.91 Å². The Morgan fingerprint density at radius 3 is 2.72 bits per heavy atom. The molecular formula is C25H26F2N4O4S. The summed E-state index contributed by atoms with van der Waals surface area (Å²) in [5.41, 5.74) is -0.512. The SMILES string of the molecule is CCC(=O)NCC1CN(C(C)C)C(=O)c2c(O)c(=O)c(-c3ncc(Cc4ccc(F)cc4F)s3)cn21. The normalized spacial score (nSPS) is 15.3. The Balaban J connectivity index is 1.74. The third-order valence-corrected chi connectivity index (χ3v) is 7.15. The summed E-state index contributed by atoms with van der Waals surface area (Å²) in [6.07, 6.45) is 3.42. The van der Waals surface area contributed by atoms with Crippen molar-refractivity contribution in [1.82, 2.24) is 19.8 Å². The van der Waals surface area contributed by atoms with Gasteiger partial charge in [-0.25, -0.2) is 13.8 Å². The van der Waals surface area contributed by atoms with Crippen LogP contribution in [0.25, 0.3) is 10.6 Å². The minimum atomic E-state index is -0.745. The molecule has 2 N–H and O–H groups in total. The number of rotatable bonds is 7. The molecule has 1 atom stereocenters. The maximum atomic E-state index is 14.1. The number of aromatic hydroxyl groups is 1. The number of halogens is 2. The van der Waals surface area contributed by atoms with E-state index in [0.717, 1.165) is 17.4 Å². The Morgan fingerprint density at radius 1 is 1.31 bits per heavy atom. The average Bonchev–Trinajstić information content (AvgIpc) is 3.30. The number of hydrogen-bond donors (Lipinski definition) is 2. The number of hydrogen-bond acceptors (Lipinski definition) is 6. The van der Waals surface area contributed by atoms with E-state index in [4.69, 9.17) is 0 Å². The summed E-state index contributed by atoms with van der Waals surface area (Å²) in [6, 6.07) is 2.72. The number of thiazole rings is 1. The van der Waals surface area contributed by atoms with Crippen LogP contribution in [0.1, 0.15) is 54.2 Å². The van der Waals surface area contributed by atoms with Crippen molar-refractivity contribution in [2.75, 3.05) is 13.1 Å². The van der Waals surface area contributed by atoms with Crippen molar-refractivity contribution in [2.45, 2.75) is 45.7 Å². The fourth-order valence-corrected chi connectivity index (χ4v) is 5.08. The topological polar surface area (TPSA) is 105 Å². The lowest BCUT2D eigenvalue weighted by Crippen LogP contribution is -2.50. The lowest BCUT2D eigenvalue weighted by Gasteiger charge is -2.38. The van der Waals surface area contributed by atoms with Crippen molar-refractivity contribution >= 4 is 23.2 Å². The first-order valence-electron chi connectivity index (χ1n) is 11.5. The molecule has 0 saturated heterocycles. The Hall–Kier alpha value is -3.60. The highest BCUT2D eigenvalue weighted by molar-refractivity contribution is 7.15. The highest BCUT2D eigenvalue weighted by Crippen LogP contribution is 2.32. The van der Waals surface area contributed by atoms with Crippen LogP contribution in [0, 0.1) is 11.6 Å². The molecule has 0 spiro atoms. The van der Waals surface area contributed by atoms with Gasteiger partial charge in [-0.1, -0.05) is 13.0 Å². The first-order valence-corrected chi connectivity index (χ1v) is 12.4. The number of pyridine rings is 1. The third kappa shape index (κ3) is 4.88. The van der Waals surface area contributed by atoms with Crippen molar-refractivity contribution in [3.05, 3.63) is 68.6 Å². The molecule has 8 nitrogen and oxygen atoms in total. The van der Waals surface area contributed by atoms with Crippen LogP contribution in [-0.4, -0.2) is 50.5 Å². The first kappa shape index (κ1) is 25.5. The fraction of sp³-hybridized carbons (Fsp3) is 0.360. The number of amides is 2. The fourth-order valence-electron chi connectivity index (χ4n) is 4.14. The summed E-state index contributed by atoms with van der Waals surface area (Å²) < 4.78 is 28.8. The van der Waals surface area contributed by atoms with Gasteiger partial charge in [0.05, 0.1) is 11.6 Å². The van der Waals surface area contributed by atoms with E-state index in [9.17, 15) is 28.3 Å². The predicted octanol–water partition coefficient (Wildman–Crippen LogP) is 3.48. The van der Waals surface area contributed by atoms with Crippen LogP contribution in [0.4, 0.5) is 8.78 Å². The standard InChI is InChI=1S/C25H26F2N4O4S/c1-4-20(32)28-9-16-11-30(13(2)3)25(35)21-23(34)22(33)18(12-31(16)21)24-29-10-17(36-24)7-14-5-6-15(26)8-19(14)27/h5-6,8,10,12-13,16,34H,4,7,9,11H2,1-3H3,(H,28,32). The molecule has 3 heterocycles. The van der Waals surface area contributed by atoms with E-state index < -0.39 is 34.8 Å². The van der Waals surface area contributed by atoms with Crippen LogP contribution in [0.3, 0.4) is 0 Å². The maximum Gasteiger partial charge on any atom is 0.274 e. The Kier molecular flexibility index (Phi) is 7.21. The van der Waals surface area contributed by atoms with E-state index in [-0.39, 0.29) is 48.3 Å². The molecule has 11 heteroatoms. The Labute approximate surface area is 210 Å². The highest BCUT2D eigenvalue weighted by Gasteiger charge is 2.36. The molecule has 3 aromatic rings. The molecule has 2 amide bonds. The van der Waals surface area contributed by atoms with E-state index in [0.29, 0.717) is 16.3 Å². The Bertz CT molecular complexity index is 1380. The molecule has 190 valence electrons. The number of carbonyl (C=O) groups excluding carboxylic acids is 2. The lowest BCUT2D eigenvalue weighted by atomic mass is 10.1. The monoisotopic (exact) mass is 516 g/mol. The lowest BCUT2D eigenvalue weighted by molar-refractivity contribution is -0.120. The second kappa shape index (κ2) is 10.2. The molecule has 36 heavy (non-hydrogen) atoms. The largest absolute Gasteiger partial charge is 0.503 e. The summed E-state index contributed by atoms with van der Waals surface area (Å²) >= 11 is 1.14. The predicted molar refractivity (Wildman–Crippen MR) is 131 cm³/mol. The number of nitrogens with one attached hydrogen (secondary N) is 1. The quantitative estimate of drug-likeness (QED) is 0.501. The molecule has 0 aliphatic carbocycles. The van der Waals surface area contributed by atoms with Crippen molar-refractivity contribution in [1.29, 1.82) is 0 Å². The van der Waals surface area contributed by atoms with Crippen LogP contribution >= 0.6 is 11.3 Å². The van der Waals surface area contributed by atoms with Gasteiger partial charge in [-0.05, 0) is 25.5 Å². The van der Waals surface area contributed by atoms with Crippen molar-refractivity contribution in [3.8, 4) is 16.3 Å². The van der Waals surface area contributed by atoms with Crippen LogP contribution in [0.2, 0.25) is 0 Å². The highest BCUT2D eigenvalue weighted by atomic mass is 32.1. The van der Waals surface area contributed by atoms with Gasteiger partial charge in [-0.2, -0.15) is 0 Å². The summed E-state index contributed by atoms with van der Waals surface area (Å²) in [4.78, 5) is 44.6. The number of aromatic nitrogens is 2. The maximum absolute atomic E-state index is 14.1. The molecule has 1 unspecified atom stereocenters. The number of fused-ring (bicyclic) bond motifs is 1. The molecule has 1 aliphatic heterocycles. The zero-order valence-corrected chi connectivity index (χ0v) is 20.9. The van der Waals surface area contributed by atoms with E-state index in [2.05, 4.69) is 10.3 Å². The van der Waals surface area contributed by atoms with Crippen molar-refractivity contribution in [2.24, 2.45) is 0 Å². The van der Waals surface area contributed by atoms with Gasteiger partial charge in [0.2, 0.25) is 11.3 Å². The molecule has 2 aromatic heterocycles. The molecule has 0 radical (unpaired) electrons. The molecule has 0 fully saturated rings. The summed E-state index contributed by atoms with van der Waals surface area (Å²) in [7, 11) is 0. The smallest absolute Gasteiger partial charge is 0.274 e. The summed E-state index contributed by atoms with van der Waals surface area (Å²) in [5.74, 6) is -2.67. The average molecular weight is 517 g/mol. The van der Waals surface area contributed by atoms with Gasteiger partial charge in [0.15, 0.2) is 11.4 Å². The zero-order chi connectivity index (χ0) is 26.1. The molecule has 0 bridgehead atoms. The number of carbonyl (C=O) groups is 2. The summed E-state index contributed by atoms with van der Waals surface area (Å²) in [6.45, 7) is 5.87. The Morgan fingerprint density at radius 2 is 2.06 bits per heavy atom. The van der Waals surface area contributed by atoms with Crippen LogP contribution < -0.4 is 10.7 Å². The third-order valence-electron chi connectivity index (χ3n) is 6.12.